The number of carboxylic acids is 1. The number of hydrogen-bond acceptors (Lipinski definition) is 8. The van der Waals surface area contributed by atoms with Gasteiger partial charge in [0.2, 0.25) is 5.91 Å². The van der Waals surface area contributed by atoms with Gasteiger partial charge in [0.05, 0.1) is 60.6 Å². The van der Waals surface area contributed by atoms with Gasteiger partial charge in [-0.3, -0.25) is 19.3 Å². The van der Waals surface area contributed by atoms with Crippen molar-refractivity contribution in [2.45, 2.75) is 81.6 Å². The topological polar surface area (TPSA) is 118 Å². The second-order valence-corrected chi connectivity index (χ2v) is 15.0. The molecule has 0 spiro atoms. The molecule has 50 heavy (non-hydrogen) atoms. The SMILES string of the molecule is COC[C@H]1CC[C@H](COC)N1[C@H]1C[C@@H](COC2CCC(C(=O)O)CC2)N(C(=O)Cc2cc(Cl)c(NC(=O)c3csc4ccccc34)cc2F)C1. The number of anilines is 1. The summed E-state index contributed by atoms with van der Waals surface area (Å²) in [4.78, 5) is 42.8. The van der Waals surface area contributed by atoms with E-state index >= 15 is 4.39 Å². The highest BCUT2D eigenvalue weighted by molar-refractivity contribution is 7.17. The summed E-state index contributed by atoms with van der Waals surface area (Å²) in [5.41, 5.74) is 0.754. The second-order valence-electron chi connectivity index (χ2n) is 13.7. The Morgan fingerprint density at radius 3 is 2.36 bits per heavy atom. The molecule has 3 heterocycles. The minimum Gasteiger partial charge on any atom is -0.481 e. The lowest BCUT2D eigenvalue weighted by Gasteiger charge is -2.35. The molecule has 10 nitrogen and oxygen atoms in total. The molecule has 2 saturated heterocycles. The summed E-state index contributed by atoms with van der Waals surface area (Å²) in [6, 6.07) is 10.3. The maximum Gasteiger partial charge on any atom is 0.306 e. The van der Waals surface area contributed by atoms with Crippen molar-refractivity contribution in [2.75, 3.05) is 45.9 Å². The van der Waals surface area contributed by atoms with Crippen LogP contribution in [0.25, 0.3) is 10.1 Å². The van der Waals surface area contributed by atoms with Crippen molar-refractivity contribution in [3.63, 3.8) is 0 Å². The molecule has 1 saturated carbocycles. The fourth-order valence-corrected chi connectivity index (χ4v) is 9.20. The molecule has 0 unspecified atom stereocenters. The molecule has 3 aliphatic rings. The third-order valence-corrected chi connectivity index (χ3v) is 11.8. The average molecular weight is 730 g/mol. The molecule has 270 valence electrons. The second kappa shape index (κ2) is 16.5. The van der Waals surface area contributed by atoms with E-state index in [-0.39, 0.29) is 64.8 Å². The predicted octanol–water partition coefficient (Wildman–Crippen LogP) is 6.24. The van der Waals surface area contributed by atoms with E-state index in [0.29, 0.717) is 64.0 Å². The van der Waals surface area contributed by atoms with Gasteiger partial charge in [0.25, 0.3) is 5.91 Å². The van der Waals surface area contributed by atoms with Gasteiger partial charge >= 0.3 is 5.97 Å². The number of carbonyl (C=O) groups is 3. The molecule has 2 aliphatic heterocycles. The van der Waals surface area contributed by atoms with Crippen LogP contribution in [0.15, 0.2) is 41.8 Å². The number of aliphatic carboxylic acids is 1. The third-order valence-electron chi connectivity index (χ3n) is 10.5. The van der Waals surface area contributed by atoms with Crippen molar-refractivity contribution < 1.29 is 38.1 Å². The Bertz CT molecular complexity index is 1670. The van der Waals surface area contributed by atoms with Gasteiger partial charge in [0.1, 0.15) is 5.82 Å². The number of carboxylic acid groups (broad SMARTS) is 1. The lowest BCUT2D eigenvalue weighted by atomic mass is 9.87. The van der Waals surface area contributed by atoms with E-state index in [4.69, 9.17) is 25.8 Å². The van der Waals surface area contributed by atoms with Crippen molar-refractivity contribution in [3.05, 3.63) is 63.7 Å². The van der Waals surface area contributed by atoms with Crippen LogP contribution in [0.5, 0.6) is 0 Å². The van der Waals surface area contributed by atoms with Crippen LogP contribution < -0.4 is 5.32 Å². The van der Waals surface area contributed by atoms with Crippen molar-refractivity contribution in [2.24, 2.45) is 5.92 Å². The van der Waals surface area contributed by atoms with Crippen molar-refractivity contribution in [3.8, 4) is 0 Å². The van der Waals surface area contributed by atoms with E-state index in [2.05, 4.69) is 10.2 Å². The Balaban J connectivity index is 1.17. The number of benzene rings is 2. The maximum atomic E-state index is 15.6. The highest BCUT2D eigenvalue weighted by Crippen LogP contribution is 2.35. The third kappa shape index (κ3) is 8.16. The van der Waals surface area contributed by atoms with Crippen LogP contribution in [0.1, 0.15) is 60.9 Å². The van der Waals surface area contributed by atoms with Crippen LogP contribution in [0.2, 0.25) is 5.02 Å². The van der Waals surface area contributed by atoms with Crippen molar-refractivity contribution in [1.82, 2.24) is 9.80 Å². The Hall–Kier alpha value is -3.13. The van der Waals surface area contributed by atoms with E-state index in [1.54, 1.807) is 19.6 Å². The molecule has 4 atom stereocenters. The minimum atomic E-state index is -0.764. The van der Waals surface area contributed by atoms with E-state index in [9.17, 15) is 19.5 Å². The summed E-state index contributed by atoms with van der Waals surface area (Å²) >= 11 is 8.02. The zero-order valence-corrected chi connectivity index (χ0v) is 30.0. The number of halogens is 2. The van der Waals surface area contributed by atoms with E-state index in [1.807, 2.05) is 29.2 Å². The Kier molecular flexibility index (Phi) is 12.1. The number of nitrogens with one attached hydrogen (secondary N) is 1. The number of carbonyl (C=O) groups excluding carboxylic acids is 2. The van der Waals surface area contributed by atoms with E-state index in [1.165, 1.54) is 23.5 Å². The number of thiophene rings is 1. The Morgan fingerprint density at radius 1 is 0.980 bits per heavy atom. The van der Waals surface area contributed by atoms with Crippen molar-refractivity contribution >= 4 is 56.5 Å². The highest BCUT2D eigenvalue weighted by Gasteiger charge is 2.45. The number of amides is 2. The van der Waals surface area contributed by atoms with Crippen LogP contribution >= 0.6 is 22.9 Å². The molecule has 3 aromatic rings. The molecule has 2 aromatic carbocycles. The van der Waals surface area contributed by atoms with E-state index in [0.717, 1.165) is 22.9 Å². The Morgan fingerprint density at radius 2 is 1.68 bits per heavy atom. The van der Waals surface area contributed by atoms with Crippen LogP contribution in [0.3, 0.4) is 0 Å². The van der Waals surface area contributed by atoms with Crippen LogP contribution in [0, 0.1) is 11.7 Å². The number of fused-ring (bicyclic) bond motifs is 1. The smallest absolute Gasteiger partial charge is 0.306 e. The molecular formula is C37H45ClFN3O7S. The fourth-order valence-electron chi connectivity index (χ4n) is 8.02. The minimum absolute atomic E-state index is 0.0392. The number of ether oxygens (including phenoxy) is 3. The molecule has 13 heteroatoms. The summed E-state index contributed by atoms with van der Waals surface area (Å²) in [6.45, 7) is 1.92. The van der Waals surface area contributed by atoms with Gasteiger partial charge in [0, 0.05) is 54.4 Å². The molecule has 0 radical (unpaired) electrons. The summed E-state index contributed by atoms with van der Waals surface area (Å²) in [6.07, 6.45) is 4.81. The molecule has 2 amide bonds. The largest absolute Gasteiger partial charge is 0.481 e. The first-order valence-corrected chi connectivity index (χ1v) is 18.6. The number of likely N-dealkylation sites (tertiary alicyclic amines) is 2. The first-order valence-electron chi connectivity index (χ1n) is 17.3. The summed E-state index contributed by atoms with van der Waals surface area (Å²) in [5.74, 6) is -2.37. The zero-order chi connectivity index (χ0) is 35.4. The van der Waals surface area contributed by atoms with Crippen LogP contribution in [-0.2, 0) is 30.2 Å². The van der Waals surface area contributed by atoms with Gasteiger partial charge in [-0.2, -0.15) is 0 Å². The standard InChI is InChI=1S/C37H45ClFN3O7S/c1-47-18-24-9-10-25(19-48-2)42(24)26-15-27(20-49-28-11-7-22(8-12-28)37(45)46)41(17-26)35(43)14-23-13-31(38)33(16-32(23)39)40-36(44)30-21-50-34-6-4-3-5-29(30)34/h3-6,13,16,21-22,24-28H,7-12,14-15,17-20H2,1-2H3,(H,40,44)(H,45,46)/t22?,24-,25-,26+,27+,28?/m1/s1. The fraction of sp³-hybridized carbons (Fsp3) is 0.541. The summed E-state index contributed by atoms with van der Waals surface area (Å²) in [7, 11) is 3.39. The highest BCUT2D eigenvalue weighted by atomic mass is 35.5. The monoisotopic (exact) mass is 729 g/mol. The number of rotatable bonds is 13. The molecule has 6 rings (SSSR count). The van der Waals surface area contributed by atoms with Gasteiger partial charge in [0.15, 0.2) is 0 Å². The predicted molar refractivity (Wildman–Crippen MR) is 191 cm³/mol. The molecular weight excluding hydrogens is 685 g/mol. The van der Waals surface area contributed by atoms with Gasteiger partial charge in [-0.1, -0.05) is 29.8 Å². The average Bonchev–Trinajstić information content (AvgIpc) is 3.83. The quantitative estimate of drug-likeness (QED) is 0.212. The van der Waals surface area contributed by atoms with Gasteiger partial charge < -0.3 is 29.5 Å². The van der Waals surface area contributed by atoms with Crippen molar-refractivity contribution in [1.29, 1.82) is 0 Å². The molecule has 0 bridgehead atoms. The maximum absolute atomic E-state index is 15.6. The van der Waals surface area contributed by atoms with Gasteiger partial charge in [-0.05, 0) is 68.7 Å². The molecule has 1 aromatic heterocycles. The number of hydrogen-bond donors (Lipinski definition) is 2. The number of nitrogens with zero attached hydrogens (tertiary/aromatic N) is 2. The number of methoxy groups -OCH3 is 2. The van der Waals surface area contributed by atoms with Crippen LogP contribution in [-0.4, -0.2) is 104 Å². The van der Waals surface area contributed by atoms with Crippen LogP contribution in [0.4, 0.5) is 10.1 Å². The van der Waals surface area contributed by atoms with E-state index < -0.39 is 17.7 Å². The van der Waals surface area contributed by atoms with Gasteiger partial charge in [-0.15, -0.1) is 11.3 Å². The molecule has 3 fully saturated rings. The first-order chi connectivity index (χ1) is 24.2. The zero-order valence-electron chi connectivity index (χ0n) is 28.4. The molecule has 1 aliphatic carbocycles. The lowest BCUT2D eigenvalue weighted by Crippen LogP contribution is -2.49. The summed E-state index contributed by atoms with van der Waals surface area (Å²) in [5, 5.41) is 14.8. The Labute approximate surface area is 300 Å². The first kappa shape index (κ1) is 36.7. The van der Waals surface area contributed by atoms with Gasteiger partial charge in [-0.25, -0.2) is 4.39 Å². The normalized spacial score (nSPS) is 25.7. The summed E-state index contributed by atoms with van der Waals surface area (Å²) < 4.78 is 34.1. The lowest BCUT2D eigenvalue weighted by molar-refractivity contribution is -0.144. The molecule has 2 N–H and O–H groups in total.